The highest BCUT2D eigenvalue weighted by Gasteiger charge is 2.27. The molecule has 1 aromatic rings. The second-order valence-corrected chi connectivity index (χ2v) is 7.27. The lowest BCUT2D eigenvalue weighted by Gasteiger charge is -2.22. The average Bonchev–Trinajstić information content (AvgIpc) is 2.95. The van der Waals surface area contributed by atoms with E-state index < -0.39 is 0 Å². The van der Waals surface area contributed by atoms with Gasteiger partial charge >= 0.3 is 6.03 Å². The maximum absolute atomic E-state index is 12.4. The summed E-state index contributed by atoms with van der Waals surface area (Å²) in [5.41, 5.74) is 1.09. The molecule has 24 heavy (non-hydrogen) atoms. The Labute approximate surface area is 146 Å². The number of nitrogens with one attached hydrogen (secondary N) is 1. The van der Waals surface area contributed by atoms with E-state index in [0.29, 0.717) is 5.92 Å². The maximum atomic E-state index is 12.4. The van der Waals surface area contributed by atoms with Gasteiger partial charge in [0.25, 0.3) is 0 Å². The predicted octanol–water partition coefficient (Wildman–Crippen LogP) is 3.13. The molecule has 2 atom stereocenters. The summed E-state index contributed by atoms with van der Waals surface area (Å²) in [5.74, 6) is 1.44. The van der Waals surface area contributed by atoms with Crippen molar-refractivity contribution in [3.05, 3.63) is 29.8 Å². The first-order valence-corrected chi connectivity index (χ1v) is 8.82. The van der Waals surface area contributed by atoms with Crippen LogP contribution in [0.3, 0.4) is 0 Å². The van der Waals surface area contributed by atoms with Gasteiger partial charge in [-0.05, 0) is 64.9 Å². The fraction of sp³-hybridized carbons (Fsp3) is 0.632. The molecule has 0 bridgehead atoms. The Kier molecular flexibility index (Phi) is 6.49. The largest absolute Gasteiger partial charge is 0.491 e. The second kappa shape index (κ2) is 8.38. The van der Waals surface area contributed by atoms with Crippen molar-refractivity contribution >= 4 is 6.03 Å². The first-order valence-electron chi connectivity index (χ1n) is 8.82. The van der Waals surface area contributed by atoms with Crippen LogP contribution >= 0.6 is 0 Å². The number of likely N-dealkylation sites (tertiary alicyclic amines) is 1. The van der Waals surface area contributed by atoms with E-state index >= 15 is 0 Å². The second-order valence-electron chi connectivity index (χ2n) is 7.27. The van der Waals surface area contributed by atoms with E-state index in [0.717, 1.165) is 37.4 Å². The highest BCUT2D eigenvalue weighted by Crippen LogP contribution is 2.20. The molecule has 2 rings (SSSR count). The van der Waals surface area contributed by atoms with Gasteiger partial charge in [0.1, 0.15) is 5.75 Å². The Bertz CT molecular complexity index is 528. The lowest BCUT2D eigenvalue weighted by molar-refractivity contribution is 0.202. The zero-order chi connectivity index (χ0) is 17.7. The highest BCUT2D eigenvalue weighted by molar-refractivity contribution is 5.75. The van der Waals surface area contributed by atoms with Gasteiger partial charge in [-0.1, -0.05) is 12.1 Å². The minimum atomic E-state index is -0.0153. The lowest BCUT2D eigenvalue weighted by Crippen LogP contribution is -2.40. The fourth-order valence-corrected chi connectivity index (χ4v) is 3.15. The smallest absolute Gasteiger partial charge is 0.317 e. The molecule has 1 fully saturated rings. The van der Waals surface area contributed by atoms with Gasteiger partial charge < -0.3 is 19.9 Å². The molecule has 2 amide bonds. The third-order valence-corrected chi connectivity index (χ3v) is 4.29. The normalized spacial score (nSPS) is 19.0. The van der Waals surface area contributed by atoms with Crippen molar-refractivity contribution in [2.45, 2.75) is 39.3 Å². The van der Waals surface area contributed by atoms with Crippen LogP contribution in [0.5, 0.6) is 5.75 Å². The lowest BCUT2D eigenvalue weighted by atomic mass is 10.1. The number of carbonyl (C=O) groups is 1. The van der Waals surface area contributed by atoms with Gasteiger partial charge in [-0.2, -0.15) is 0 Å². The van der Waals surface area contributed by atoms with Gasteiger partial charge in [-0.3, -0.25) is 0 Å². The Morgan fingerprint density at radius 2 is 1.96 bits per heavy atom. The molecule has 1 aromatic carbocycles. The van der Waals surface area contributed by atoms with Crippen LogP contribution in [-0.4, -0.2) is 55.7 Å². The summed E-state index contributed by atoms with van der Waals surface area (Å²) in [5, 5.41) is 3.10. The monoisotopic (exact) mass is 333 g/mol. The van der Waals surface area contributed by atoms with Crippen molar-refractivity contribution in [2.75, 3.05) is 33.7 Å². The van der Waals surface area contributed by atoms with Crippen LogP contribution in [0.15, 0.2) is 24.3 Å². The number of carbonyl (C=O) groups excluding carboxylic acids is 1. The van der Waals surface area contributed by atoms with E-state index in [-0.39, 0.29) is 18.2 Å². The molecule has 1 aliphatic rings. The third-order valence-electron chi connectivity index (χ3n) is 4.29. The van der Waals surface area contributed by atoms with Gasteiger partial charge in [0.05, 0.1) is 12.1 Å². The molecule has 0 spiro atoms. The van der Waals surface area contributed by atoms with Crippen LogP contribution in [0.2, 0.25) is 0 Å². The Hall–Kier alpha value is -1.75. The number of hydrogen-bond acceptors (Lipinski definition) is 3. The van der Waals surface area contributed by atoms with Crippen molar-refractivity contribution < 1.29 is 9.53 Å². The summed E-state index contributed by atoms with van der Waals surface area (Å²) in [6.45, 7) is 8.77. The fourth-order valence-electron chi connectivity index (χ4n) is 3.15. The quantitative estimate of drug-likeness (QED) is 0.870. The maximum Gasteiger partial charge on any atom is 0.317 e. The summed E-state index contributed by atoms with van der Waals surface area (Å²) < 4.78 is 5.66. The molecular formula is C19H31N3O2. The summed E-state index contributed by atoms with van der Waals surface area (Å²) in [4.78, 5) is 16.6. The summed E-state index contributed by atoms with van der Waals surface area (Å²) >= 11 is 0. The molecular weight excluding hydrogens is 302 g/mol. The number of hydrogen-bond donors (Lipinski definition) is 1. The molecule has 1 N–H and O–H groups in total. The van der Waals surface area contributed by atoms with E-state index in [1.54, 1.807) is 0 Å². The Morgan fingerprint density at radius 3 is 2.54 bits per heavy atom. The van der Waals surface area contributed by atoms with E-state index in [1.165, 1.54) is 0 Å². The SMILES string of the molecule is CC(C)Oc1ccc([C@@H](C)NC(=O)N2CC[C@H](CN(C)C)C2)cc1. The molecule has 0 aromatic heterocycles. The molecule has 0 aliphatic carbocycles. The molecule has 134 valence electrons. The highest BCUT2D eigenvalue weighted by atomic mass is 16.5. The summed E-state index contributed by atoms with van der Waals surface area (Å²) in [7, 11) is 4.16. The van der Waals surface area contributed by atoms with Gasteiger partial charge in [0, 0.05) is 19.6 Å². The van der Waals surface area contributed by atoms with Gasteiger partial charge in [-0.15, -0.1) is 0 Å². The molecule has 5 nitrogen and oxygen atoms in total. The zero-order valence-electron chi connectivity index (χ0n) is 15.6. The number of nitrogens with zero attached hydrogens (tertiary/aromatic N) is 2. The van der Waals surface area contributed by atoms with Crippen molar-refractivity contribution in [1.82, 2.24) is 15.1 Å². The standard InChI is InChI=1S/C19H31N3O2/c1-14(2)24-18-8-6-17(7-9-18)15(3)20-19(23)22-11-10-16(13-22)12-21(4)5/h6-9,14-16H,10-13H2,1-5H3,(H,20,23)/t15-,16-/m1/s1. The van der Waals surface area contributed by atoms with Gasteiger partial charge in [-0.25, -0.2) is 4.79 Å². The zero-order valence-corrected chi connectivity index (χ0v) is 15.6. The Morgan fingerprint density at radius 1 is 1.29 bits per heavy atom. The van der Waals surface area contributed by atoms with Crippen molar-refractivity contribution in [3.8, 4) is 5.75 Å². The molecule has 0 saturated carbocycles. The molecule has 1 saturated heterocycles. The Balaban J connectivity index is 1.85. The number of amides is 2. The van der Waals surface area contributed by atoms with Crippen LogP contribution in [0.1, 0.15) is 38.8 Å². The number of ether oxygens (including phenoxy) is 1. The predicted molar refractivity (Wildman–Crippen MR) is 97.4 cm³/mol. The first kappa shape index (κ1) is 18.6. The minimum absolute atomic E-state index is 0.0153. The van der Waals surface area contributed by atoms with E-state index in [4.69, 9.17) is 4.74 Å². The molecule has 1 heterocycles. The minimum Gasteiger partial charge on any atom is -0.491 e. The van der Waals surface area contributed by atoms with Crippen molar-refractivity contribution in [2.24, 2.45) is 5.92 Å². The first-order chi connectivity index (χ1) is 11.3. The van der Waals surface area contributed by atoms with Crippen LogP contribution < -0.4 is 10.1 Å². The molecule has 0 unspecified atom stereocenters. The number of benzene rings is 1. The van der Waals surface area contributed by atoms with Crippen LogP contribution in [-0.2, 0) is 0 Å². The number of urea groups is 1. The van der Waals surface area contributed by atoms with Crippen LogP contribution in [0, 0.1) is 5.92 Å². The van der Waals surface area contributed by atoms with E-state index in [1.807, 2.05) is 49.9 Å². The van der Waals surface area contributed by atoms with Crippen LogP contribution in [0.4, 0.5) is 4.79 Å². The molecule has 0 radical (unpaired) electrons. The third kappa shape index (κ3) is 5.41. The van der Waals surface area contributed by atoms with E-state index in [9.17, 15) is 4.79 Å². The van der Waals surface area contributed by atoms with E-state index in [2.05, 4.69) is 24.3 Å². The van der Waals surface area contributed by atoms with Crippen LogP contribution in [0.25, 0.3) is 0 Å². The summed E-state index contributed by atoms with van der Waals surface area (Å²) in [6, 6.07) is 7.97. The van der Waals surface area contributed by atoms with Gasteiger partial charge in [0.2, 0.25) is 0 Å². The topological polar surface area (TPSA) is 44.8 Å². The van der Waals surface area contributed by atoms with Gasteiger partial charge in [0.15, 0.2) is 0 Å². The van der Waals surface area contributed by atoms with Crippen molar-refractivity contribution in [3.63, 3.8) is 0 Å². The van der Waals surface area contributed by atoms with Crippen molar-refractivity contribution in [1.29, 1.82) is 0 Å². The summed E-state index contributed by atoms with van der Waals surface area (Å²) in [6.07, 6.45) is 1.25. The molecule has 5 heteroatoms. The molecule has 1 aliphatic heterocycles. The average molecular weight is 333 g/mol. The number of rotatable bonds is 6.